The van der Waals surface area contributed by atoms with Crippen molar-refractivity contribution in [1.29, 1.82) is 0 Å². The lowest BCUT2D eigenvalue weighted by Gasteiger charge is -2.56. The van der Waals surface area contributed by atoms with Crippen LogP contribution in [0.5, 0.6) is 0 Å². The van der Waals surface area contributed by atoms with Crippen molar-refractivity contribution in [2.75, 3.05) is 0 Å². The van der Waals surface area contributed by atoms with Crippen molar-refractivity contribution in [2.24, 2.45) is 10.8 Å². The Balaban J connectivity index is 2.58. The molecule has 1 fully saturated rings. The molecule has 0 N–H and O–H groups in total. The molecule has 1 saturated carbocycles. The van der Waals surface area contributed by atoms with Crippen LogP contribution in [0.3, 0.4) is 0 Å². The van der Waals surface area contributed by atoms with Crippen LogP contribution >= 0.6 is 0 Å². The normalized spacial score (nSPS) is 43.6. The van der Waals surface area contributed by atoms with Gasteiger partial charge in [-0.05, 0) is 30.1 Å². The van der Waals surface area contributed by atoms with Crippen LogP contribution in [0.15, 0.2) is 0 Å². The Hall–Kier alpha value is 0. The standard InChI is InChI=1S/C11H22/c1-5-7-11(4)9-8-10(11,3)6-2/h5-9H2,1-4H3. The molecular formula is C11H22. The van der Waals surface area contributed by atoms with Crippen LogP contribution in [0.4, 0.5) is 0 Å². The third-order valence-corrected chi connectivity index (χ3v) is 4.27. The van der Waals surface area contributed by atoms with E-state index in [-0.39, 0.29) is 0 Å². The average Bonchev–Trinajstić information content (AvgIpc) is 2.01. The first-order chi connectivity index (χ1) is 5.08. The fourth-order valence-electron chi connectivity index (χ4n) is 2.56. The second-order valence-electron chi connectivity index (χ2n) is 4.72. The lowest BCUT2D eigenvalue weighted by molar-refractivity contribution is -0.0612. The van der Waals surface area contributed by atoms with E-state index in [1.165, 1.54) is 32.1 Å². The molecule has 1 rings (SSSR count). The molecular weight excluding hydrogens is 132 g/mol. The minimum atomic E-state index is 0.670. The summed E-state index contributed by atoms with van der Waals surface area (Å²) in [5.74, 6) is 0. The second-order valence-corrected chi connectivity index (χ2v) is 4.72. The fourth-order valence-corrected chi connectivity index (χ4v) is 2.56. The van der Waals surface area contributed by atoms with Crippen LogP contribution in [0.25, 0.3) is 0 Å². The van der Waals surface area contributed by atoms with Crippen molar-refractivity contribution in [3.63, 3.8) is 0 Å². The van der Waals surface area contributed by atoms with Gasteiger partial charge in [0.15, 0.2) is 0 Å². The van der Waals surface area contributed by atoms with E-state index in [1.54, 1.807) is 0 Å². The van der Waals surface area contributed by atoms with E-state index in [0.29, 0.717) is 10.8 Å². The molecule has 0 amide bonds. The molecule has 11 heavy (non-hydrogen) atoms. The van der Waals surface area contributed by atoms with Gasteiger partial charge in [0.05, 0.1) is 0 Å². The Morgan fingerprint density at radius 1 is 1.00 bits per heavy atom. The molecule has 0 aromatic rings. The van der Waals surface area contributed by atoms with Gasteiger partial charge in [0.1, 0.15) is 0 Å². The summed E-state index contributed by atoms with van der Waals surface area (Å²) in [6.45, 7) is 9.59. The van der Waals surface area contributed by atoms with Gasteiger partial charge in [-0.25, -0.2) is 0 Å². The van der Waals surface area contributed by atoms with Gasteiger partial charge in [-0.3, -0.25) is 0 Å². The van der Waals surface area contributed by atoms with E-state index < -0.39 is 0 Å². The topological polar surface area (TPSA) is 0 Å². The third-order valence-electron chi connectivity index (χ3n) is 4.27. The summed E-state index contributed by atoms with van der Waals surface area (Å²) < 4.78 is 0. The number of rotatable bonds is 3. The molecule has 0 bridgehead atoms. The Kier molecular flexibility index (Phi) is 2.32. The first kappa shape index (κ1) is 9.09. The van der Waals surface area contributed by atoms with Gasteiger partial charge in [-0.2, -0.15) is 0 Å². The Labute approximate surface area is 71.4 Å². The zero-order chi connectivity index (χ0) is 8.54. The SMILES string of the molecule is CCCC1(C)CCC1(C)CC. The minimum Gasteiger partial charge on any atom is -0.0654 e. The zero-order valence-electron chi connectivity index (χ0n) is 8.54. The highest BCUT2D eigenvalue weighted by Crippen LogP contribution is 2.60. The maximum atomic E-state index is 2.48. The van der Waals surface area contributed by atoms with Crippen LogP contribution in [0.2, 0.25) is 0 Å². The number of hydrogen-bond donors (Lipinski definition) is 0. The van der Waals surface area contributed by atoms with E-state index in [9.17, 15) is 0 Å². The van der Waals surface area contributed by atoms with E-state index in [4.69, 9.17) is 0 Å². The molecule has 0 aromatic heterocycles. The highest BCUT2D eigenvalue weighted by molar-refractivity contribution is 5.00. The monoisotopic (exact) mass is 154 g/mol. The van der Waals surface area contributed by atoms with Crippen molar-refractivity contribution in [3.8, 4) is 0 Å². The summed E-state index contributed by atoms with van der Waals surface area (Å²) in [6.07, 6.45) is 7.07. The largest absolute Gasteiger partial charge is 0.0654 e. The summed E-state index contributed by atoms with van der Waals surface area (Å²) in [5, 5.41) is 0. The van der Waals surface area contributed by atoms with Crippen LogP contribution in [0.1, 0.15) is 59.8 Å². The van der Waals surface area contributed by atoms with Gasteiger partial charge in [-0.15, -0.1) is 0 Å². The molecule has 0 aliphatic heterocycles. The quantitative estimate of drug-likeness (QED) is 0.576. The van der Waals surface area contributed by atoms with Crippen LogP contribution in [0, 0.1) is 10.8 Å². The van der Waals surface area contributed by atoms with Crippen LogP contribution in [-0.4, -0.2) is 0 Å². The van der Waals surface area contributed by atoms with E-state index in [2.05, 4.69) is 27.7 Å². The molecule has 0 radical (unpaired) electrons. The summed E-state index contributed by atoms with van der Waals surface area (Å²) in [5.41, 5.74) is 1.35. The molecule has 0 heterocycles. The fraction of sp³-hybridized carbons (Fsp3) is 1.00. The van der Waals surface area contributed by atoms with Crippen molar-refractivity contribution in [2.45, 2.75) is 59.8 Å². The van der Waals surface area contributed by atoms with Gasteiger partial charge in [0.2, 0.25) is 0 Å². The molecule has 0 spiro atoms. The van der Waals surface area contributed by atoms with Gasteiger partial charge in [-0.1, -0.05) is 40.5 Å². The van der Waals surface area contributed by atoms with Crippen molar-refractivity contribution >= 4 is 0 Å². The lowest BCUT2D eigenvalue weighted by Crippen LogP contribution is -2.46. The molecule has 2 atom stereocenters. The van der Waals surface area contributed by atoms with Crippen LogP contribution in [-0.2, 0) is 0 Å². The van der Waals surface area contributed by atoms with Crippen LogP contribution < -0.4 is 0 Å². The van der Waals surface area contributed by atoms with Gasteiger partial charge < -0.3 is 0 Å². The maximum Gasteiger partial charge on any atom is -0.0272 e. The van der Waals surface area contributed by atoms with Crippen molar-refractivity contribution in [1.82, 2.24) is 0 Å². The summed E-state index contributed by atoms with van der Waals surface area (Å²) in [6, 6.07) is 0. The maximum absolute atomic E-state index is 2.48. The Bertz CT molecular complexity index is 135. The van der Waals surface area contributed by atoms with Gasteiger partial charge >= 0.3 is 0 Å². The molecule has 0 saturated heterocycles. The first-order valence-electron chi connectivity index (χ1n) is 5.08. The molecule has 0 heteroatoms. The first-order valence-corrected chi connectivity index (χ1v) is 5.08. The predicted octanol–water partition coefficient (Wildman–Crippen LogP) is 4.00. The Morgan fingerprint density at radius 2 is 1.55 bits per heavy atom. The molecule has 0 aromatic carbocycles. The summed E-state index contributed by atoms with van der Waals surface area (Å²) in [7, 11) is 0. The van der Waals surface area contributed by atoms with Crippen molar-refractivity contribution < 1.29 is 0 Å². The second kappa shape index (κ2) is 2.80. The molecule has 0 nitrogen and oxygen atoms in total. The minimum absolute atomic E-state index is 0.670. The molecule has 66 valence electrons. The van der Waals surface area contributed by atoms with E-state index >= 15 is 0 Å². The summed E-state index contributed by atoms with van der Waals surface area (Å²) in [4.78, 5) is 0. The molecule has 2 unspecified atom stereocenters. The zero-order valence-corrected chi connectivity index (χ0v) is 8.54. The average molecular weight is 154 g/mol. The highest BCUT2D eigenvalue weighted by Gasteiger charge is 2.49. The van der Waals surface area contributed by atoms with E-state index in [1.807, 2.05) is 0 Å². The van der Waals surface area contributed by atoms with Crippen molar-refractivity contribution in [3.05, 3.63) is 0 Å². The lowest BCUT2D eigenvalue weighted by atomic mass is 9.48. The van der Waals surface area contributed by atoms with Gasteiger partial charge in [0, 0.05) is 0 Å². The summed E-state index contributed by atoms with van der Waals surface area (Å²) >= 11 is 0. The third kappa shape index (κ3) is 1.21. The molecule has 1 aliphatic carbocycles. The van der Waals surface area contributed by atoms with E-state index in [0.717, 1.165) is 0 Å². The highest BCUT2D eigenvalue weighted by atomic mass is 14.5. The molecule has 1 aliphatic rings. The number of hydrogen-bond acceptors (Lipinski definition) is 0. The van der Waals surface area contributed by atoms with Gasteiger partial charge in [0.25, 0.3) is 0 Å². The smallest absolute Gasteiger partial charge is 0.0272 e. The Morgan fingerprint density at radius 3 is 1.82 bits per heavy atom. The predicted molar refractivity (Wildman–Crippen MR) is 50.6 cm³/mol.